The third kappa shape index (κ3) is 2.15. The van der Waals surface area contributed by atoms with Crippen molar-refractivity contribution in [2.45, 2.75) is 19.4 Å². The van der Waals surface area contributed by atoms with Crippen molar-refractivity contribution in [3.63, 3.8) is 0 Å². The van der Waals surface area contributed by atoms with Crippen LogP contribution in [0.15, 0.2) is 6.20 Å². The average molecular weight is 246 g/mol. The summed E-state index contributed by atoms with van der Waals surface area (Å²) in [5.74, 6) is 2.16. The fraction of sp³-hybridized carbons (Fsp3) is 0.583. The van der Waals surface area contributed by atoms with Crippen molar-refractivity contribution in [3.05, 3.63) is 12.0 Å². The van der Waals surface area contributed by atoms with E-state index in [1.165, 1.54) is 12.8 Å². The molecule has 1 saturated carbocycles. The van der Waals surface area contributed by atoms with Gasteiger partial charge in [-0.3, -0.25) is 9.58 Å². The predicted octanol–water partition coefficient (Wildman–Crippen LogP) is 0.787. The first-order chi connectivity index (χ1) is 8.63. The van der Waals surface area contributed by atoms with Crippen LogP contribution in [0.1, 0.15) is 18.7 Å². The van der Waals surface area contributed by atoms with E-state index in [0.717, 1.165) is 35.9 Å². The third-order valence-electron chi connectivity index (χ3n) is 3.35. The number of hydrogen-bond acceptors (Lipinski definition) is 5. The van der Waals surface area contributed by atoms with Crippen LogP contribution >= 0.6 is 0 Å². The maximum atomic E-state index is 5.94. The topological polar surface area (TPSA) is 72.9 Å². The summed E-state index contributed by atoms with van der Waals surface area (Å²) in [6.45, 7) is 1.86. The zero-order chi connectivity index (χ0) is 12.7. The number of rotatable bonds is 4. The van der Waals surface area contributed by atoms with Crippen molar-refractivity contribution in [2.75, 3.05) is 19.3 Å². The van der Waals surface area contributed by atoms with Gasteiger partial charge in [0.25, 0.3) is 0 Å². The van der Waals surface area contributed by atoms with Crippen LogP contribution in [0.4, 0.5) is 5.82 Å². The fourth-order valence-electron chi connectivity index (χ4n) is 2.21. The zero-order valence-corrected chi connectivity index (χ0v) is 10.8. The summed E-state index contributed by atoms with van der Waals surface area (Å²) in [4.78, 5) is 11.1. The molecule has 2 aromatic rings. The minimum atomic E-state index is 0.517. The van der Waals surface area contributed by atoms with Crippen molar-refractivity contribution in [1.82, 2.24) is 24.6 Å². The summed E-state index contributed by atoms with van der Waals surface area (Å²) < 4.78 is 1.73. The number of anilines is 1. The highest BCUT2D eigenvalue weighted by molar-refractivity contribution is 5.84. The highest BCUT2D eigenvalue weighted by atomic mass is 15.3. The SMILES string of the molecule is CN(Cc1nc(N)c2cnn(C)c2n1)CC1CC1. The van der Waals surface area contributed by atoms with Crippen LogP contribution < -0.4 is 5.73 Å². The number of hydrogen-bond donors (Lipinski definition) is 1. The van der Waals surface area contributed by atoms with Crippen molar-refractivity contribution in [2.24, 2.45) is 13.0 Å². The second-order valence-electron chi connectivity index (χ2n) is 5.17. The van der Waals surface area contributed by atoms with E-state index in [9.17, 15) is 0 Å². The molecule has 0 amide bonds. The highest BCUT2D eigenvalue weighted by Crippen LogP contribution is 2.29. The number of nitrogens with two attached hydrogens (primary N) is 1. The molecule has 0 aliphatic heterocycles. The van der Waals surface area contributed by atoms with E-state index in [4.69, 9.17) is 5.73 Å². The van der Waals surface area contributed by atoms with Crippen LogP contribution in [0, 0.1) is 5.92 Å². The monoisotopic (exact) mass is 246 g/mol. The van der Waals surface area contributed by atoms with Gasteiger partial charge < -0.3 is 5.73 Å². The lowest BCUT2D eigenvalue weighted by Crippen LogP contribution is -2.22. The van der Waals surface area contributed by atoms with Crippen molar-refractivity contribution >= 4 is 16.9 Å². The predicted molar refractivity (Wildman–Crippen MR) is 69.8 cm³/mol. The molecular formula is C12H18N6. The van der Waals surface area contributed by atoms with Gasteiger partial charge in [0.2, 0.25) is 0 Å². The molecule has 3 rings (SSSR count). The summed E-state index contributed by atoms with van der Waals surface area (Å²) in [5.41, 5.74) is 6.74. The standard InChI is InChI=1S/C12H18N6/c1-17(6-8-3-4-8)7-10-15-11(13)9-5-14-18(2)12(9)16-10/h5,8H,3-4,6-7H2,1-2H3,(H2,13,15,16). The van der Waals surface area contributed by atoms with E-state index in [-0.39, 0.29) is 0 Å². The number of aromatic nitrogens is 4. The summed E-state index contributed by atoms with van der Waals surface area (Å²) >= 11 is 0. The quantitative estimate of drug-likeness (QED) is 0.863. The van der Waals surface area contributed by atoms with Crippen LogP contribution in [-0.4, -0.2) is 38.2 Å². The molecule has 0 unspecified atom stereocenters. The molecule has 96 valence electrons. The van der Waals surface area contributed by atoms with Gasteiger partial charge in [0.15, 0.2) is 5.65 Å². The Morgan fingerprint density at radius 1 is 1.44 bits per heavy atom. The van der Waals surface area contributed by atoms with Crippen molar-refractivity contribution < 1.29 is 0 Å². The van der Waals surface area contributed by atoms with E-state index in [1.807, 2.05) is 7.05 Å². The molecule has 0 aromatic carbocycles. The molecule has 1 aliphatic carbocycles. The number of aryl methyl sites for hydroxylation is 1. The summed E-state index contributed by atoms with van der Waals surface area (Å²) in [6.07, 6.45) is 4.42. The van der Waals surface area contributed by atoms with Crippen LogP contribution in [0.2, 0.25) is 0 Å². The van der Waals surface area contributed by atoms with E-state index < -0.39 is 0 Å². The lowest BCUT2D eigenvalue weighted by molar-refractivity contribution is 0.305. The zero-order valence-electron chi connectivity index (χ0n) is 10.8. The van der Waals surface area contributed by atoms with Gasteiger partial charge in [-0.2, -0.15) is 5.10 Å². The normalized spacial score (nSPS) is 15.7. The first kappa shape index (κ1) is 11.4. The van der Waals surface area contributed by atoms with Gasteiger partial charge in [-0.15, -0.1) is 0 Å². The Kier molecular flexibility index (Phi) is 2.66. The Morgan fingerprint density at radius 3 is 2.94 bits per heavy atom. The molecule has 6 heteroatoms. The Hall–Kier alpha value is -1.69. The van der Waals surface area contributed by atoms with E-state index in [1.54, 1.807) is 10.9 Å². The van der Waals surface area contributed by atoms with Gasteiger partial charge >= 0.3 is 0 Å². The van der Waals surface area contributed by atoms with E-state index in [2.05, 4.69) is 27.0 Å². The molecule has 2 heterocycles. The van der Waals surface area contributed by atoms with Gasteiger partial charge in [0, 0.05) is 13.6 Å². The minimum absolute atomic E-state index is 0.517. The molecule has 0 bridgehead atoms. The van der Waals surface area contributed by atoms with Crippen LogP contribution in [0.3, 0.4) is 0 Å². The Balaban J connectivity index is 1.84. The van der Waals surface area contributed by atoms with Gasteiger partial charge in [-0.1, -0.05) is 0 Å². The molecule has 0 spiro atoms. The van der Waals surface area contributed by atoms with Gasteiger partial charge in [-0.05, 0) is 25.8 Å². The van der Waals surface area contributed by atoms with Crippen molar-refractivity contribution in [1.29, 1.82) is 0 Å². The smallest absolute Gasteiger partial charge is 0.163 e. The average Bonchev–Trinajstić information content (AvgIpc) is 3.03. The Morgan fingerprint density at radius 2 is 2.22 bits per heavy atom. The Labute approximate surface area is 106 Å². The molecule has 2 N–H and O–H groups in total. The minimum Gasteiger partial charge on any atom is -0.383 e. The van der Waals surface area contributed by atoms with Crippen LogP contribution in [0.5, 0.6) is 0 Å². The number of nitrogens with zero attached hydrogens (tertiary/aromatic N) is 5. The molecule has 1 fully saturated rings. The summed E-state index contributed by atoms with van der Waals surface area (Å²) in [5, 5.41) is 4.98. The van der Waals surface area contributed by atoms with Crippen LogP contribution in [-0.2, 0) is 13.6 Å². The molecule has 0 atom stereocenters. The maximum absolute atomic E-state index is 5.94. The molecular weight excluding hydrogens is 228 g/mol. The molecule has 1 aliphatic rings. The number of fused-ring (bicyclic) bond motifs is 1. The lowest BCUT2D eigenvalue weighted by Gasteiger charge is -2.15. The van der Waals surface area contributed by atoms with Crippen LogP contribution in [0.25, 0.3) is 11.0 Å². The third-order valence-corrected chi connectivity index (χ3v) is 3.35. The lowest BCUT2D eigenvalue weighted by atomic mass is 10.3. The molecule has 0 radical (unpaired) electrons. The number of nitrogen functional groups attached to an aromatic ring is 1. The summed E-state index contributed by atoms with van der Waals surface area (Å²) in [6, 6.07) is 0. The molecule has 18 heavy (non-hydrogen) atoms. The van der Waals surface area contributed by atoms with E-state index >= 15 is 0 Å². The molecule has 0 saturated heterocycles. The van der Waals surface area contributed by atoms with Crippen molar-refractivity contribution in [3.8, 4) is 0 Å². The van der Waals surface area contributed by atoms with Gasteiger partial charge in [-0.25, -0.2) is 9.97 Å². The van der Waals surface area contributed by atoms with Gasteiger partial charge in [0.1, 0.15) is 11.6 Å². The maximum Gasteiger partial charge on any atom is 0.163 e. The van der Waals surface area contributed by atoms with E-state index in [0.29, 0.717) is 5.82 Å². The van der Waals surface area contributed by atoms with Gasteiger partial charge in [0.05, 0.1) is 18.1 Å². The Bertz CT molecular complexity index is 571. The molecule has 6 nitrogen and oxygen atoms in total. The largest absolute Gasteiger partial charge is 0.383 e. The highest BCUT2D eigenvalue weighted by Gasteiger charge is 2.23. The first-order valence-electron chi connectivity index (χ1n) is 6.26. The fourth-order valence-corrected chi connectivity index (χ4v) is 2.21. The summed E-state index contributed by atoms with van der Waals surface area (Å²) in [7, 11) is 3.97. The molecule has 2 aromatic heterocycles. The second-order valence-corrected chi connectivity index (χ2v) is 5.17. The first-order valence-corrected chi connectivity index (χ1v) is 6.26. The second kappa shape index (κ2) is 4.20.